The number of hydrogen-bond acceptors (Lipinski definition) is 4. The van der Waals surface area contributed by atoms with Gasteiger partial charge in [0.15, 0.2) is 0 Å². The van der Waals surface area contributed by atoms with Crippen molar-refractivity contribution >= 4 is 22.8 Å². The Labute approximate surface area is 195 Å². The van der Waals surface area contributed by atoms with Crippen LogP contribution in [-0.2, 0) is 9.59 Å². The molecule has 1 saturated heterocycles. The molecule has 1 aromatic carbocycles. The zero-order valence-corrected chi connectivity index (χ0v) is 19.1. The average molecular weight is 445 g/mol. The van der Waals surface area contributed by atoms with Crippen LogP contribution in [0.3, 0.4) is 0 Å². The second-order valence-corrected chi connectivity index (χ2v) is 10.9. The van der Waals surface area contributed by atoms with Gasteiger partial charge in [-0.2, -0.15) is 0 Å². The Morgan fingerprint density at radius 1 is 1.09 bits per heavy atom. The van der Waals surface area contributed by atoms with Gasteiger partial charge in [0.1, 0.15) is 5.58 Å². The Morgan fingerprint density at radius 3 is 2.58 bits per heavy atom. The molecule has 5 nitrogen and oxygen atoms in total. The van der Waals surface area contributed by atoms with Crippen molar-refractivity contribution in [2.45, 2.75) is 75.7 Å². The molecule has 5 aliphatic rings. The molecule has 5 heteroatoms. The quantitative estimate of drug-likeness (QED) is 0.400. The van der Waals surface area contributed by atoms with Gasteiger partial charge in [0, 0.05) is 34.9 Å². The van der Waals surface area contributed by atoms with Crippen LogP contribution in [-0.4, -0.2) is 23.9 Å². The van der Waals surface area contributed by atoms with E-state index in [1.807, 2.05) is 18.2 Å². The van der Waals surface area contributed by atoms with E-state index >= 15 is 0 Å². The molecule has 0 radical (unpaired) electrons. The molecular weight excluding hydrogens is 412 g/mol. The normalized spacial score (nSPS) is 32.6. The smallest absolute Gasteiger partial charge is 0.234 e. The molecule has 1 aromatic heterocycles. The Kier molecular flexibility index (Phi) is 5.30. The number of unbranched alkanes of at least 4 members (excludes halogenated alkanes) is 1. The standard InChI is InChI=1S/C28H32N2O3/c31-26-8-6-22(27(32)30-26)24-17-33-25-7-5-18(13-23(24)25)4-2-1-3-9-29-28-14-19-10-20(15-28)12-21(11-19)16-28/h5,7,13,17,19-22,29H,1,3,6,8-12,14-16H2,(H,30,31,32). The van der Waals surface area contributed by atoms with Gasteiger partial charge < -0.3 is 9.73 Å². The number of furan rings is 1. The molecule has 2 heterocycles. The van der Waals surface area contributed by atoms with Crippen LogP contribution < -0.4 is 10.6 Å². The third-order valence-corrected chi connectivity index (χ3v) is 8.47. The van der Waals surface area contributed by atoms with Crippen LogP contribution >= 0.6 is 0 Å². The van der Waals surface area contributed by atoms with Crippen LogP contribution in [0.4, 0.5) is 0 Å². The number of fused-ring (bicyclic) bond motifs is 1. The van der Waals surface area contributed by atoms with Gasteiger partial charge >= 0.3 is 0 Å². The molecule has 4 aliphatic carbocycles. The molecule has 2 N–H and O–H groups in total. The molecule has 2 amide bonds. The van der Waals surface area contributed by atoms with Crippen LogP contribution in [0.2, 0.25) is 0 Å². The van der Waals surface area contributed by atoms with Gasteiger partial charge in [-0.25, -0.2) is 0 Å². The number of carbonyl (C=O) groups is 2. The van der Waals surface area contributed by atoms with E-state index in [9.17, 15) is 9.59 Å². The lowest BCUT2D eigenvalue weighted by Crippen LogP contribution is -2.58. The number of carbonyl (C=O) groups excluding carboxylic acids is 2. The first kappa shape index (κ1) is 21.0. The van der Waals surface area contributed by atoms with Crippen molar-refractivity contribution in [1.29, 1.82) is 0 Å². The highest BCUT2D eigenvalue weighted by Gasteiger charge is 2.50. The van der Waals surface area contributed by atoms with E-state index in [0.29, 0.717) is 18.4 Å². The Balaban J connectivity index is 1.06. The molecule has 2 aromatic rings. The van der Waals surface area contributed by atoms with E-state index < -0.39 is 0 Å². The molecule has 7 rings (SSSR count). The second kappa shape index (κ2) is 8.33. The molecule has 33 heavy (non-hydrogen) atoms. The topological polar surface area (TPSA) is 71.3 Å². The fourth-order valence-electron chi connectivity index (χ4n) is 7.41. The first-order valence-electron chi connectivity index (χ1n) is 12.7. The summed E-state index contributed by atoms with van der Waals surface area (Å²) in [7, 11) is 0. The summed E-state index contributed by atoms with van der Waals surface area (Å²) < 4.78 is 5.67. The molecule has 0 spiro atoms. The molecule has 4 bridgehead atoms. The Bertz CT molecular complexity index is 1120. The summed E-state index contributed by atoms with van der Waals surface area (Å²) in [6.07, 6.45) is 13.1. The minimum absolute atomic E-state index is 0.201. The number of hydrogen-bond donors (Lipinski definition) is 2. The van der Waals surface area contributed by atoms with Crippen LogP contribution in [0.1, 0.15) is 81.3 Å². The summed E-state index contributed by atoms with van der Waals surface area (Å²) in [5, 5.41) is 7.31. The largest absolute Gasteiger partial charge is 0.464 e. The summed E-state index contributed by atoms with van der Waals surface area (Å²) in [5.74, 6) is 8.78. The molecule has 1 unspecified atom stereocenters. The number of amides is 2. The maximum atomic E-state index is 12.3. The van der Waals surface area contributed by atoms with Crippen LogP contribution in [0, 0.1) is 29.6 Å². The van der Waals surface area contributed by atoms with Gasteiger partial charge in [-0.05, 0) is 93.9 Å². The lowest BCUT2D eigenvalue weighted by atomic mass is 9.53. The second-order valence-electron chi connectivity index (χ2n) is 10.9. The highest BCUT2D eigenvalue weighted by Crippen LogP contribution is 2.55. The van der Waals surface area contributed by atoms with Crippen molar-refractivity contribution in [1.82, 2.24) is 10.6 Å². The number of piperidine rings is 1. The van der Waals surface area contributed by atoms with E-state index in [2.05, 4.69) is 22.5 Å². The minimum atomic E-state index is -0.345. The summed E-state index contributed by atoms with van der Waals surface area (Å²) in [6.45, 7) is 1.06. The number of benzene rings is 1. The average Bonchev–Trinajstić information content (AvgIpc) is 3.18. The van der Waals surface area contributed by atoms with E-state index in [-0.39, 0.29) is 17.7 Å². The summed E-state index contributed by atoms with van der Waals surface area (Å²) in [4.78, 5) is 23.8. The van der Waals surface area contributed by atoms with Crippen LogP contribution in [0.25, 0.3) is 11.0 Å². The summed E-state index contributed by atoms with van der Waals surface area (Å²) >= 11 is 0. The molecule has 1 atom stereocenters. The monoisotopic (exact) mass is 444 g/mol. The molecule has 5 fully saturated rings. The highest BCUT2D eigenvalue weighted by atomic mass is 16.3. The lowest BCUT2D eigenvalue weighted by molar-refractivity contribution is -0.134. The maximum Gasteiger partial charge on any atom is 0.234 e. The van der Waals surface area contributed by atoms with Crippen molar-refractivity contribution in [3.63, 3.8) is 0 Å². The predicted molar refractivity (Wildman–Crippen MR) is 126 cm³/mol. The Morgan fingerprint density at radius 2 is 1.85 bits per heavy atom. The van der Waals surface area contributed by atoms with Gasteiger partial charge in [-0.15, -0.1) is 0 Å². The van der Waals surface area contributed by atoms with Crippen LogP contribution in [0.15, 0.2) is 28.9 Å². The first-order valence-corrected chi connectivity index (χ1v) is 12.7. The number of imide groups is 1. The molecule has 172 valence electrons. The number of nitrogens with one attached hydrogen (secondary N) is 2. The summed E-state index contributed by atoms with van der Waals surface area (Å²) in [6, 6.07) is 5.91. The highest BCUT2D eigenvalue weighted by molar-refractivity contribution is 6.02. The van der Waals surface area contributed by atoms with E-state index in [1.165, 1.54) is 38.5 Å². The van der Waals surface area contributed by atoms with Gasteiger partial charge in [0.05, 0.1) is 12.2 Å². The predicted octanol–water partition coefficient (Wildman–Crippen LogP) is 4.64. The third-order valence-electron chi connectivity index (χ3n) is 8.47. The fourth-order valence-corrected chi connectivity index (χ4v) is 7.41. The summed E-state index contributed by atoms with van der Waals surface area (Å²) in [5.41, 5.74) is 2.96. The minimum Gasteiger partial charge on any atom is -0.464 e. The molecule has 1 aliphatic heterocycles. The van der Waals surface area contributed by atoms with Gasteiger partial charge in [-0.3, -0.25) is 14.9 Å². The first-order chi connectivity index (χ1) is 16.1. The lowest BCUT2D eigenvalue weighted by Gasteiger charge is -2.57. The Hall–Kier alpha value is -2.58. The van der Waals surface area contributed by atoms with Gasteiger partial charge in [0.2, 0.25) is 11.8 Å². The van der Waals surface area contributed by atoms with E-state index in [0.717, 1.165) is 59.2 Å². The van der Waals surface area contributed by atoms with Crippen LogP contribution in [0.5, 0.6) is 0 Å². The van der Waals surface area contributed by atoms with Crippen molar-refractivity contribution in [2.75, 3.05) is 6.54 Å². The molecular formula is C28H32N2O3. The zero-order valence-electron chi connectivity index (χ0n) is 19.1. The third kappa shape index (κ3) is 4.10. The van der Waals surface area contributed by atoms with Crippen molar-refractivity contribution in [2.24, 2.45) is 17.8 Å². The maximum absolute atomic E-state index is 12.3. The van der Waals surface area contributed by atoms with Crippen molar-refractivity contribution in [3.8, 4) is 11.8 Å². The fraction of sp³-hybridized carbons (Fsp3) is 0.571. The SMILES string of the molecule is O=C1CCC(c2coc3ccc(C#CCCCNC45CC6CC(CC(C6)C4)C5)cc23)C(=O)N1. The van der Waals surface area contributed by atoms with Gasteiger partial charge in [0.25, 0.3) is 0 Å². The van der Waals surface area contributed by atoms with E-state index in [4.69, 9.17) is 4.42 Å². The van der Waals surface area contributed by atoms with Gasteiger partial charge in [-0.1, -0.05) is 11.8 Å². The number of rotatable bonds is 5. The zero-order chi connectivity index (χ0) is 22.4. The molecule has 4 saturated carbocycles. The van der Waals surface area contributed by atoms with E-state index in [1.54, 1.807) is 6.26 Å². The van der Waals surface area contributed by atoms with Crippen molar-refractivity contribution < 1.29 is 14.0 Å². The van der Waals surface area contributed by atoms with Crippen molar-refractivity contribution in [3.05, 3.63) is 35.6 Å².